The van der Waals surface area contributed by atoms with Crippen molar-refractivity contribution in [3.63, 3.8) is 0 Å². The maximum absolute atomic E-state index is 5.52. The molecule has 0 atom stereocenters. The van der Waals surface area contributed by atoms with Crippen molar-refractivity contribution in [3.8, 4) is 17.3 Å². The molecule has 0 fully saturated rings. The second kappa shape index (κ2) is 5.29. The first-order chi connectivity index (χ1) is 10.8. The summed E-state index contributed by atoms with van der Waals surface area (Å²) in [5.41, 5.74) is 4.21. The van der Waals surface area contributed by atoms with Crippen LogP contribution < -0.4 is 4.74 Å². The van der Waals surface area contributed by atoms with E-state index in [4.69, 9.17) is 9.26 Å². The van der Waals surface area contributed by atoms with Gasteiger partial charge in [-0.25, -0.2) is 0 Å². The van der Waals surface area contributed by atoms with Gasteiger partial charge in [-0.3, -0.25) is 5.10 Å². The average Bonchev–Trinajstić information content (AvgIpc) is 3.24. The molecule has 3 aromatic rings. The zero-order valence-electron chi connectivity index (χ0n) is 12.3. The molecule has 1 aliphatic rings. The second-order valence-corrected chi connectivity index (χ2v) is 5.49. The fourth-order valence-electron chi connectivity index (χ4n) is 2.64. The third-order valence-electron chi connectivity index (χ3n) is 3.78. The number of nitrogens with zero attached hydrogens (tertiary/aromatic N) is 3. The summed E-state index contributed by atoms with van der Waals surface area (Å²) >= 11 is 0. The summed E-state index contributed by atoms with van der Waals surface area (Å²) in [6, 6.07) is 8.24. The Morgan fingerprint density at radius 2 is 2.18 bits per heavy atom. The van der Waals surface area contributed by atoms with E-state index in [-0.39, 0.29) is 0 Å². The lowest BCUT2D eigenvalue weighted by Crippen LogP contribution is -1.94. The van der Waals surface area contributed by atoms with E-state index in [0.29, 0.717) is 17.4 Å². The molecule has 0 spiro atoms. The van der Waals surface area contributed by atoms with E-state index in [2.05, 4.69) is 32.5 Å². The van der Waals surface area contributed by atoms with Crippen LogP contribution >= 0.6 is 0 Å². The van der Waals surface area contributed by atoms with Gasteiger partial charge in [-0.2, -0.15) is 10.1 Å². The standard InChI is InChI=1S/C16H16N4O2/c1-10-8-13(19-18-10)16-17-15(20-22-16)5-3-11-2-4-14-12(9-11)6-7-21-14/h2,4,8-9H,3,5-7H2,1H3,(H,18,19). The molecule has 6 heteroatoms. The number of nitrogens with one attached hydrogen (secondary N) is 1. The first-order valence-electron chi connectivity index (χ1n) is 7.37. The van der Waals surface area contributed by atoms with Crippen molar-refractivity contribution >= 4 is 0 Å². The number of aryl methyl sites for hydroxylation is 3. The maximum Gasteiger partial charge on any atom is 0.278 e. The molecular weight excluding hydrogens is 280 g/mol. The van der Waals surface area contributed by atoms with E-state index in [1.807, 2.05) is 19.1 Å². The fourth-order valence-corrected chi connectivity index (χ4v) is 2.64. The molecule has 1 aromatic carbocycles. The van der Waals surface area contributed by atoms with Crippen molar-refractivity contribution in [2.24, 2.45) is 0 Å². The molecule has 3 heterocycles. The van der Waals surface area contributed by atoms with E-state index in [1.54, 1.807) is 0 Å². The molecule has 1 N–H and O–H groups in total. The number of fused-ring (bicyclic) bond motifs is 1. The van der Waals surface area contributed by atoms with Crippen LogP contribution in [0.1, 0.15) is 22.6 Å². The topological polar surface area (TPSA) is 76.8 Å². The first-order valence-corrected chi connectivity index (χ1v) is 7.37. The molecule has 0 saturated carbocycles. The van der Waals surface area contributed by atoms with Crippen molar-refractivity contribution < 1.29 is 9.26 Å². The summed E-state index contributed by atoms with van der Waals surface area (Å²) in [7, 11) is 0. The van der Waals surface area contributed by atoms with Gasteiger partial charge in [0.2, 0.25) is 0 Å². The summed E-state index contributed by atoms with van der Waals surface area (Å²) in [6.07, 6.45) is 2.62. The molecule has 0 unspecified atom stereocenters. The Bertz CT molecular complexity index is 806. The number of ether oxygens (including phenoxy) is 1. The van der Waals surface area contributed by atoms with Gasteiger partial charge >= 0.3 is 0 Å². The Balaban J connectivity index is 1.45. The molecule has 22 heavy (non-hydrogen) atoms. The summed E-state index contributed by atoms with van der Waals surface area (Å²) in [4.78, 5) is 4.40. The Kier molecular flexibility index (Phi) is 3.14. The van der Waals surface area contributed by atoms with Crippen molar-refractivity contribution in [1.29, 1.82) is 0 Å². The largest absolute Gasteiger partial charge is 0.493 e. The smallest absolute Gasteiger partial charge is 0.278 e. The molecule has 2 aromatic heterocycles. The van der Waals surface area contributed by atoms with Crippen LogP contribution in [0.25, 0.3) is 11.6 Å². The van der Waals surface area contributed by atoms with Crippen LogP contribution in [0.15, 0.2) is 28.8 Å². The van der Waals surface area contributed by atoms with Gasteiger partial charge in [-0.15, -0.1) is 0 Å². The lowest BCUT2D eigenvalue weighted by molar-refractivity contribution is 0.357. The van der Waals surface area contributed by atoms with Gasteiger partial charge in [-0.1, -0.05) is 17.3 Å². The number of rotatable bonds is 4. The van der Waals surface area contributed by atoms with E-state index < -0.39 is 0 Å². The van der Waals surface area contributed by atoms with Gasteiger partial charge in [0.1, 0.15) is 5.75 Å². The molecule has 0 amide bonds. The number of hydrogen-bond acceptors (Lipinski definition) is 5. The summed E-state index contributed by atoms with van der Waals surface area (Å²) in [5, 5.41) is 11.0. The molecule has 4 rings (SSSR count). The lowest BCUT2D eigenvalue weighted by atomic mass is 10.0. The summed E-state index contributed by atoms with van der Waals surface area (Å²) in [5.74, 6) is 2.17. The third-order valence-corrected chi connectivity index (χ3v) is 3.78. The zero-order chi connectivity index (χ0) is 14.9. The van der Waals surface area contributed by atoms with Crippen LogP contribution in [-0.4, -0.2) is 26.9 Å². The molecule has 0 bridgehead atoms. The van der Waals surface area contributed by atoms with E-state index >= 15 is 0 Å². The van der Waals surface area contributed by atoms with Crippen molar-refractivity contribution in [2.45, 2.75) is 26.2 Å². The molecule has 0 saturated heterocycles. The van der Waals surface area contributed by atoms with Gasteiger partial charge in [0.25, 0.3) is 5.89 Å². The van der Waals surface area contributed by atoms with E-state index in [9.17, 15) is 0 Å². The molecular formula is C16H16N4O2. The highest BCUT2D eigenvalue weighted by Crippen LogP contribution is 2.26. The number of H-pyrrole nitrogens is 1. The summed E-state index contributed by atoms with van der Waals surface area (Å²) < 4.78 is 10.8. The number of hydrogen-bond donors (Lipinski definition) is 1. The molecule has 6 nitrogen and oxygen atoms in total. The van der Waals surface area contributed by atoms with Gasteiger partial charge < -0.3 is 9.26 Å². The normalized spacial score (nSPS) is 13.1. The lowest BCUT2D eigenvalue weighted by Gasteiger charge is -2.02. The molecule has 1 aliphatic heterocycles. The van der Waals surface area contributed by atoms with Crippen LogP contribution in [0.2, 0.25) is 0 Å². The first kappa shape index (κ1) is 13.1. The predicted octanol–water partition coefficient (Wildman–Crippen LogP) is 2.49. The van der Waals surface area contributed by atoms with Gasteiger partial charge in [0.15, 0.2) is 11.5 Å². The minimum atomic E-state index is 0.460. The minimum absolute atomic E-state index is 0.460. The van der Waals surface area contributed by atoms with Crippen LogP contribution in [0.3, 0.4) is 0 Å². The second-order valence-electron chi connectivity index (χ2n) is 5.49. The molecule has 0 aliphatic carbocycles. The highest BCUT2D eigenvalue weighted by molar-refractivity contribution is 5.46. The Hall–Kier alpha value is -2.63. The van der Waals surface area contributed by atoms with Crippen molar-refractivity contribution in [2.75, 3.05) is 6.61 Å². The van der Waals surface area contributed by atoms with Crippen LogP contribution in [0.4, 0.5) is 0 Å². The zero-order valence-corrected chi connectivity index (χ0v) is 12.3. The predicted molar refractivity (Wildman–Crippen MR) is 79.7 cm³/mol. The van der Waals surface area contributed by atoms with Gasteiger partial charge in [-0.05, 0) is 36.6 Å². The van der Waals surface area contributed by atoms with Gasteiger partial charge in [0, 0.05) is 18.5 Å². The quantitative estimate of drug-likeness (QED) is 0.800. The Morgan fingerprint density at radius 1 is 1.23 bits per heavy atom. The maximum atomic E-state index is 5.52. The van der Waals surface area contributed by atoms with Crippen LogP contribution in [-0.2, 0) is 19.3 Å². The average molecular weight is 296 g/mol. The highest BCUT2D eigenvalue weighted by atomic mass is 16.5. The monoisotopic (exact) mass is 296 g/mol. The van der Waals surface area contributed by atoms with Gasteiger partial charge in [0.05, 0.1) is 6.61 Å². The number of aromatic nitrogens is 4. The highest BCUT2D eigenvalue weighted by Gasteiger charge is 2.14. The van der Waals surface area contributed by atoms with Crippen LogP contribution in [0.5, 0.6) is 5.75 Å². The summed E-state index contributed by atoms with van der Waals surface area (Å²) in [6.45, 7) is 2.72. The molecule has 0 radical (unpaired) electrons. The van der Waals surface area contributed by atoms with E-state index in [0.717, 1.165) is 37.3 Å². The number of aromatic amines is 1. The Labute approximate surface area is 127 Å². The van der Waals surface area contributed by atoms with Crippen molar-refractivity contribution in [3.05, 3.63) is 46.9 Å². The SMILES string of the molecule is Cc1cc(-c2nc(CCc3ccc4c(c3)CCO4)no2)n[nH]1. The fraction of sp³-hybridized carbons (Fsp3) is 0.312. The minimum Gasteiger partial charge on any atom is -0.493 e. The number of benzene rings is 1. The van der Waals surface area contributed by atoms with Crippen LogP contribution in [0, 0.1) is 6.92 Å². The third kappa shape index (κ3) is 2.47. The molecule has 112 valence electrons. The van der Waals surface area contributed by atoms with E-state index in [1.165, 1.54) is 11.1 Å². The van der Waals surface area contributed by atoms with Crippen molar-refractivity contribution in [1.82, 2.24) is 20.3 Å². The Morgan fingerprint density at radius 3 is 3.05 bits per heavy atom.